The second-order valence-corrected chi connectivity index (χ2v) is 5.24. The first-order valence-corrected chi connectivity index (χ1v) is 7.54. The van der Waals surface area contributed by atoms with E-state index >= 15 is 0 Å². The fraction of sp³-hybridized carbons (Fsp3) is 0.133. The first-order chi connectivity index (χ1) is 9.85. The van der Waals surface area contributed by atoms with Crippen LogP contribution >= 0.6 is 11.8 Å². The largest absolute Gasteiger partial charge is 0.204 e. The van der Waals surface area contributed by atoms with Crippen LogP contribution < -0.4 is 0 Å². The van der Waals surface area contributed by atoms with E-state index in [1.165, 1.54) is 10.5 Å². The summed E-state index contributed by atoms with van der Waals surface area (Å²) in [7, 11) is 0. The summed E-state index contributed by atoms with van der Waals surface area (Å²) in [6.07, 6.45) is 2.07. The number of rotatable bonds is 4. The van der Waals surface area contributed by atoms with Crippen molar-refractivity contribution in [1.29, 1.82) is 0 Å². The van der Waals surface area contributed by atoms with E-state index in [1.54, 1.807) is 16.6 Å². The van der Waals surface area contributed by atoms with Gasteiger partial charge >= 0.3 is 0 Å². The van der Waals surface area contributed by atoms with Gasteiger partial charge in [0.05, 0.1) is 6.54 Å². The van der Waals surface area contributed by atoms with Gasteiger partial charge in [-0.15, -0.1) is 22.0 Å². The molecule has 0 bridgehead atoms. The Morgan fingerprint density at radius 1 is 1.00 bits per heavy atom. The molecule has 4 nitrogen and oxygen atoms in total. The molecule has 1 heterocycles. The minimum absolute atomic E-state index is 0.633. The van der Waals surface area contributed by atoms with Crippen molar-refractivity contribution >= 4 is 11.8 Å². The van der Waals surface area contributed by atoms with Gasteiger partial charge in [-0.25, -0.2) is 0 Å². The monoisotopic (exact) mass is 282 g/mol. The Morgan fingerprint density at radius 3 is 2.45 bits per heavy atom. The molecule has 2 aromatic carbocycles. The lowest BCUT2D eigenvalue weighted by molar-refractivity contribution is 0.572. The van der Waals surface area contributed by atoms with Crippen LogP contribution in [-0.2, 0) is 6.54 Å². The molecular formula is C15H14N4S. The van der Waals surface area contributed by atoms with Crippen LogP contribution in [-0.4, -0.2) is 26.5 Å². The van der Waals surface area contributed by atoms with Gasteiger partial charge in [0.2, 0.25) is 5.82 Å². The Morgan fingerprint density at radius 2 is 1.75 bits per heavy atom. The summed E-state index contributed by atoms with van der Waals surface area (Å²) in [5.41, 5.74) is 2.15. The number of aromatic nitrogens is 4. The van der Waals surface area contributed by atoms with Gasteiger partial charge in [0, 0.05) is 10.5 Å². The molecule has 5 heteroatoms. The molecule has 3 rings (SSSR count). The van der Waals surface area contributed by atoms with Crippen LogP contribution in [0.1, 0.15) is 5.56 Å². The molecule has 0 saturated carbocycles. The van der Waals surface area contributed by atoms with Gasteiger partial charge in [-0.2, -0.15) is 4.80 Å². The lowest BCUT2D eigenvalue weighted by Crippen LogP contribution is -2.03. The second kappa shape index (κ2) is 5.88. The average molecular weight is 282 g/mol. The summed E-state index contributed by atoms with van der Waals surface area (Å²) in [6.45, 7) is 0.633. The Hall–Kier alpha value is -2.14. The number of nitrogens with zero attached hydrogens (tertiary/aromatic N) is 4. The summed E-state index contributed by atoms with van der Waals surface area (Å²) in [4.78, 5) is 2.88. The van der Waals surface area contributed by atoms with Gasteiger partial charge in [0.1, 0.15) is 0 Å². The van der Waals surface area contributed by atoms with Crippen LogP contribution in [0.25, 0.3) is 11.4 Å². The van der Waals surface area contributed by atoms with Crippen molar-refractivity contribution in [2.45, 2.75) is 11.4 Å². The Labute approximate surface area is 121 Å². The van der Waals surface area contributed by atoms with Gasteiger partial charge < -0.3 is 0 Å². The number of thioether (sulfide) groups is 1. The topological polar surface area (TPSA) is 43.6 Å². The fourth-order valence-electron chi connectivity index (χ4n) is 1.91. The molecular weight excluding hydrogens is 268 g/mol. The number of hydrogen-bond donors (Lipinski definition) is 0. The lowest BCUT2D eigenvalue weighted by Gasteiger charge is -2.01. The number of tetrazole rings is 1. The Bertz CT molecular complexity index is 677. The van der Waals surface area contributed by atoms with Gasteiger partial charge in [-0.05, 0) is 29.2 Å². The van der Waals surface area contributed by atoms with Crippen molar-refractivity contribution in [1.82, 2.24) is 20.2 Å². The van der Waals surface area contributed by atoms with E-state index in [-0.39, 0.29) is 0 Å². The molecule has 0 amide bonds. The molecule has 3 aromatic rings. The predicted molar refractivity (Wildman–Crippen MR) is 80.6 cm³/mol. The van der Waals surface area contributed by atoms with E-state index < -0.39 is 0 Å². The molecule has 0 aliphatic carbocycles. The van der Waals surface area contributed by atoms with Crippen LogP contribution in [0.15, 0.2) is 59.5 Å². The zero-order valence-electron chi connectivity index (χ0n) is 11.1. The lowest BCUT2D eigenvalue weighted by atomic mass is 10.2. The number of benzene rings is 2. The van der Waals surface area contributed by atoms with Gasteiger partial charge in [0.15, 0.2) is 0 Å². The molecule has 0 N–H and O–H groups in total. The smallest absolute Gasteiger partial charge is 0.159 e. The third kappa shape index (κ3) is 2.88. The highest BCUT2D eigenvalue weighted by atomic mass is 32.2. The standard InChI is InChI=1S/C15H14N4S/c1-20-14-9-7-12(8-10-14)11-19-17-15(16-18-19)13-5-3-2-4-6-13/h2-10H,11H2,1H3. The average Bonchev–Trinajstić information content (AvgIpc) is 2.97. The molecule has 0 atom stereocenters. The van der Waals surface area contributed by atoms with Crippen LogP contribution in [0.5, 0.6) is 0 Å². The fourth-order valence-corrected chi connectivity index (χ4v) is 2.32. The maximum absolute atomic E-state index is 4.41. The molecule has 0 saturated heterocycles. The minimum atomic E-state index is 0.633. The third-order valence-electron chi connectivity index (χ3n) is 2.97. The Balaban J connectivity index is 1.77. The van der Waals surface area contributed by atoms with Crippen LogP contribution in [0.3, 0.4) is 0 Å². The summed E-state index contributed by atoms with van der Waals surface area (Å²) in [5, 5.41) is 12.6. The quantitative estimate of drug-likeness (QED) is 0.690. The molecule has 100 valence electrons. The van der Waals surface area contributed by atoms with Gasteiger partial charge in [-0.1, -0.05) is 42.5 Å². The van der Waals surface area contributed by atoms with Crippen molar-refractivity contribution in [3.8, 4) is 11.4 Å². The summed E-state index contributed by atoms with van der Waals surface area (Å²) < 4.78 is 0. The van der Waals surface area contributed by atoms with Crippen LogP contribution in [0.2, 0.25) is 0 Å². The molecule has 0 radical (unpaired) electrons. The molecule has 0 spiro atoms. The highest BCUT2D eigenvalue weighted by Gasteiger charge is 2.05. The van der Waals surface area contributed by atoms with Crippen molar-refractivity contribution in [2.75, 3.05) is 6.26 Å². The highest BCUT2D eigenvalue weighted by Crippen LogP contribution is 2.16. The van der Waals surface area contributed by atoms with E-state index in [9.17, 15) is 0 Å². The molecule has 20 heavy (non-hydrogen) atoms. The van der Waals surface area contributed by atoms with Crippen molar-refractivity contribution < 1.29 is 0 Å². The molecule has 0 unspecified atom stereocenters. The van der Waals surface area contributed by atoms with E-state index in [0.717, 1.165) is 5.56 Å². The van der Waals surface area contributed by atoms with Crippen molar-refractivity contribution in [3.05, 3.63) is 60.2 Å². The first-order valence-electron chi connectivity index (χ1n) is 6.31. The SMILES string of the molecule is CSc1ccc(Cn2nnc(-c3ccccc3)n2)cc1. The zero-order chi connectivity index (χ0) is 13.8. The first kappa shape index (κ1) is 12.9. The van der Waals surface area contributed by atoms with Gasteiger partial charge in [-0.3, -0.25) is 0 Å². The van der Waals surface area contributed by atoms with E-state index in [1.807, 2.05) is 30.3 Å². The van der Waals surface area contributed by atoms with E-state index in [4.69, 9.17) is 0 Å². The van der Waals surface area contributed by atoms with Gasteiger partial charge in [0.25, 0.3) is 0 Å². The summed E-state index contributed by atoms with van der Waals surface area (Å²) in [6, 6.07) is 18.3. The highest BCUT2D eigenvalue weighted by molar-refractivity contribution is 7.98. The van der Waals surface area contributed by atoms with Crippen LogP contribution in [0.4, 0.5) is 0 Å². The molecule has 0 aliphatic rings. The second-order valence-electron chi connectivity index (χ2n) is 4.36. The normalized spacial score (nSPS) is 10.7. The maximum atomic E-state index is 4.41. The van der Waals surface area contributed by atoms with Crippen molar-refractivity contribution in [3.63, 3.8) is 0 Å². The molecule has 0 fully saturated rings. The Kier molecular flexibility index (Phi) is 3.78. The van der Waals surface area contributed by atoms with E-state index in [2.05, 4.69) is 45.9 Å². The maximum Gasteiger partial charge on any atom is 0.204 e. The van der Waals surface area contributed by atoms with Crippen LogP contribution in [0, 0.1) is 0 Å². The summed E-state index contributed by atoms with van der Waals surface area (Å²) >= 11 is 1.73. The molecule has 0 aliphatic heterocycles. The number of hydrogen-bond acceptors (Lipinski definition) is 4. The third-order valence-corrected chi connectivity index (χ3v) is 3.71. The predicted octanol–water partition coefficient (Wildman–Crippen LogP) is 3.11. The van der Waals surface area contributed by atoms with Crippen molar-refractivity contribution in [2.24, 2.45) is 0 Å². The molecule has 1 aromatic heterocycles. The summed E-state index contributed by atoms with van der Waals surface area (Å²) in [5.74, 6) is 0.659. The zero-order valence-corrected chi connectivity index (χ0v) is 11.9. The van der Waals surface area contributed by atoms with E-state index in [0.29, 0.717) is 12.4 Å². The minimum Gasteiger partial charge on any atom is -0.159 e.